The molecule has 1 saturated carbocycles. The van der Waals surface area contributed by atoms with Gasteiger partial charge in [0.2, 0.25) is 0 Å². The molecule has 0 heterocycles. The molecule has 1 aliphatic carbocycles. The molecule has 18 heavy (non-hydrogen) atoms. The smallest absolute Gasteiger partial charge is 0.0243 e. The van der Waals surface area contributed by atoms with Gasteiger partial charge < -0.3 is 5.32 Å². The van der Waals surface area contributed by atoms with Crippen LogP contribution in [-0.2, 0) is 0 Å². The SMILES string of the molecule is CCNC(CN(CCC(C)C)C1CC1)C(C)(C)C. The van der Waals surface area contributed by atoms with Crippen molar-refractivity contribution in [2.75, 3.05) is 19.6 Å². The van der Waals surface area contributed by atoms with Crippen LogP contribution >= 0.6 is 0 Å². The van der Waals surface area contributed by atoms with E-state index < -0.39 is 0 Å². The van der Waals surface area contributed by atoms with Gasteiger partial charge in [-0.3, -0.25) is 4.90 Å². The Morgan fingerprint density at radius 3 is 2.22 bits per heavy atom. The Morgan fingerprint density at radius 2 is 1.83 bits per heavy atom. The summed E-state index contributed by atoms with van der Waals surface area (Å²) in [7, 11) is 0. The van der Waals surface area contributed by atoms with Gasteiger partial charge in [0.25, 0.3) is 0 Å². The van der Waals surface area contributed by atoms with E-state index >= 15 is 0 Å². The highest BCUT2D eigenvalue weighted by molar-refractivity contribution is 4.90. The van der Waals surface area contributed by atoms with Crippen molar-refractivity contribution in [1.29, 1.82) is 0 Å². The van der Waals surface area contributed by atoms with Crippen molar-refractivity contribution in [1.82, 2.24) is 10.2 Å². The van der Waals surface area contributed by atoms with Gasteiger partial charge in [-0.2, -0.15) is 0 Å². The maximum absolute atomic E-state index is 3.68. The molecule has 0 aromatic heterocycles. The molecule has 1 rings (SSSR count). The highest BCUT2D eigenvalue weighted by atomic mass is 15.2. The van der Waals surface area contributed by atoms with Gasteiger partial charge in [0.1, 0.15) is 0 Å². The van der Waals surface area contributed by atoms with Gasteiger partial charge in [0.15, 0.2) is 0 Å². The summed E-state index contributed by atoms with van der Waals surface area (Å²) < 4.78 is 0. The molecule has 1 atom stereocenters. The topological polar surface area (TPSA) is 15.3 Å². The average Bonchev–Trinajstić information content (AvgIpc) is 3.04. The van der Waals surface area contributed by atoms with E-state index in [0.717, 1.165) is 18.5 Å². The molecule has 0 aromatic rings. The highest BCUT2D eigenvalue weighted by Gasteiger charge is 2.33. The Kier molecular flexibility index (Phi) is 6.13. The third-order valence-electron chi connectivity index (χ3n) is 3.97. The number of hydrogen-bond acceptors (Lipinski definition) is 2. The van der Waals surface area contributed by atoms with Gasteiger partial charge in [0.05, 0.1) is 0 Å². The van der Waals surface area contributed by atoms with E-state index in [-0.39, 0.29) is 0 Å². The monoisotopic (exact) mass is 254 g/mol. The number of hydrogen-bond donors (Lipinski definition) is 1. The van der Waals surface area contributed by atoms with Crippen molar-refractivity contribution in [2.24, 2.45) is 11.3 Å². The summed E-state index contributed by atoms with van der Waals surface area (Å²) in [6.07, 6.45) is 4.17. The van der Waals surface area contributed by atoms with Gasteiger partial charge in [-0.25, -0.2) is 0 Å². The van der Waals surface area contributed by atoms with Crippen LogP contribution in [0.5, 0.6) is 0 Å². The molecule has 1 N–H and O–H groups in total. The normalized spacial score (nSPS) is 18.7. The minimum atomic E-state index is 0.348. The van der Waals surface area contributed by atoms with E-state index in [4.69, 9.17) is 0 Å². The maximum Gasteiger partial charge on any atom is 0.0243 e. The summed E-state index contributed by atoms with van der Waals surface area (Å²) in [6, 6.07) is 1.49. The zero-order valence-electron chi connectivity index (χ0n) is 13.4. The quantitative estimate of drug-likeness (QED) is 0.713. The van der Waals surface area contributed by atoms with Gasteiger partial charge in [-0.05, 0) is 43.7 Å². The molecule has 0 aromatic carbocycles. The zero-order chi connectivity index (χ0) is 13.8. The molecular weight excluding hydrogens is 220 g/mol. The van der Waals surface area contributed by atoms with Crippen LogP contribution in [0.1, 0.15) is 60.8 Å². The molecule has 0 amide bonds. The first-order chi connectivity index (χ1) is 8.34. The van der Waals surface area contributed by atoms with Gasteiger partial charge in [0, 0.05) is 18.6 Å². The second-order valence-electron chi connectivity index (χ2n) is 7.38. The molecule has 1 aliphatic rings. The lowest BCUT2D eigenvalue weighted by Crippen LogP contribution is -2.49. The molecule has 1 unspecified atom stereocenters. The molecule has 0 saturated heterocycles. The van der Waals surface area contributed by atoms with Gasteiger partial charge in [-0.15, -0.1) is 0 Å². The van der Waals surface area contributed by atoms with Gasteiger partial charge >= 0.3 is 0 Å². The van der Waals surface area contributed by atoms with Crippen molar-refractivity contribution in [3.05, 3.63) is 0 Å². The Balaban J connectivity index is 2.51. The van der Waals surface area contributed by atoms with E-state index in [1.54, 1.807) is 0 Å². The van der Waals surface area contributed by atoms with Crippen LogP contribution in [0.4, 0.5) is 0 Å². The molecule has 2 nitrogen and oxygen atoms in total. The van der Waals surface area contributed by atoms with E-state index in [9.17, 15) is 0 Å². The van der Waals surface area contributed by atoms with Crippen LogP contribution in [0.15, 0.2) is 0 Å². The minimum absolute atomic E-state index is 0.348. The lowest BCUT2D eigenvalue weighted by Gasteiger charge is -2.36. The standard InChI is InChI=1S/C16H34N2/c1-7-17-15(16(4,5)6)12-18(14-8-9-14)11-10-13(2)3/h13-15,17H,7-12H2,1-6H3. The molecular formula is C16H34N2. The van der Waals surface area contributed by atoms with Crippen LogP contribution in [-0.4, -0.2) is 36.6 Å². The van der Waals surface area contributed by atoms with Crippen LogP contribution in [0, 0.1) is 11.3 Å². The second kappa shape index (κ2) is 6.91. The number of likely N-dealkylation sites (N-methyl/N-ethyl adjacent to an activating group) is 1. The number of nitrogens with one attached hydrogen (secondary N) is 1. The fraction of sp³-hybridized carbons (Fsp3) is 1.00. The van der Waals surface area contributed by atoms with Crippen LogP contribution in [0.2, 0.25) is 0 Å². The summed E-state index contributed by atoms with van der Waals surface area (Å²) in [5.74, 6) is 0.818. The van der Waals surface area contributed by atoms with E-state index in [1.807, 2.05) is 0 Å². The molecule has 0 radical (unpaired) electrons. The predicted octanol–water partition coefficient (Wildman–Crippen LogP) is 3.52. The maximum atomic E-state index is 3.68. The summed E-state index contributed by atoms with van der Waals surface area (Å²) in [4.78, 5) is 2.73. The Bertz CT molecular complexity index is 226. The van der Waals surface area contributed by atoms with Crippen molar-refractivity contribution in [3.63, 3.8) is 0 Å². The molecule has 0 bridgehead atoms. The van der Waals surface area contributed by atoms with Crippen molar-refractivity contribution in [2.45, 2.75) is 72.9 Å². The first-order valence-electron chi connectivity index (χ1n) is 7.82. The molecule has 108 valence electrons. The summed E-state index contributed by atoms with van der Waals surface area (Å²) in [5.41, 5.74) is 0.348. The largest absolute Gasteiger partial charge is 0.312 e. The lowest BCUT2D eigenvalue weighted by molar-refractivity contribution is 0.162. The second-order valence-corrected chi connectivity index (χ2v) is 7.38. The first kappa shape index (κ1) is 16.0. The minimum Gasteiger partial charge on any atom is -0.312 e. The molecule has 2 heteroatoms. The van der Waals surface area contributed by atoms with Crippen LogP contribution in [0.25, 0.3) is 0 Å². The van der Waals surface area contributed by atoms with E-state index in [2.05, 4.69) is 51.8 Å². The van der Waals surface area contributed by atoms with Crippen molar-refractivity contribution < 1.29 is 0 Å². The lowest BCUT2D eigenvalue weighted by atomic mass is 9.86. The third kappa shape index (κ3) is 5.71. The summed E-state index contributed by atoms with van der Waals surface area (Å²) in [6.45, 7) is 17.5. The Morgan fingerprint density at radius 1 is 1.22 bits per heavy atom. The fourth-order valence-electron chi connectivity index (χ4n) is 2.41. The fourth-order valence-corrected chi connectivity index (χ4v) is 2.41. The van der Waals surface area contributed by atoms with Crippen LogP contribution < -0.4 is 5.32 Å². The summed E-state index contributed by atoms with van der Waals surface area (Å²) >= 11 is 0. The van der Waals surface area contributed by atoms with Crippen LogP contribution in [0.3, 0.4) is 0 Å². The molecule has 0 aliphatic heterocycles. The molecule has 0 spiro atoms. The number of nitrogens with zero attached hydrogens (tertiary/aromatic N) is 1. The number of rotatable bonds is 8. The van der Waals surface area contributed by atoms with Gasteiger partial charge in [-0.1, -0.05) is 41.5 Å². The van der Waals surface area contributed by atoms with Crippen molar-refractivity contribution in [3.8, 4) is 0 Å². The summed E-state index contributed by atoms with van der Waals surface area (Å²) in [5, 5.41) is 3.68. The predicted molar refractivity (Wildman–Crippen MR) is 81.0 cm³/mol. The Hall–Kier alpha value is -0.0800. The van der Waals surface area contributed by atoms with Crippen molar-refractivity contribution >= 4 is 0 Å². The first-order valence-corrected chi connectivity index (χ1v) is 7.82. The third-order valence-corrected chi connectivity index (χ3v) is 3.97. The Labute approximate surface area is 115 Å². The highest BCUT2D eigenvalue weighted by Crippen LogP contribution is 2.29. The molecule has 1 fully saturated rings. The van der Waals surface area contributed by atoms with E-state index in [1.165, 1.54) is 32.4 Å². The van der Waals surface area contributed by atoms with E-state index in [0.29, 0.717) is 11.5 Å². The zero-order valence-corrected chi connectivity index (χ0v) is 13.4. The average molecular weight is 254 g/mol.